The van der Waals surface area contributed by atoms with Crippen LogP contribution in [0.3, 0.4) is 0 Å². The van der Waals surface area contributed by atoms with Crippen molar-refractivity contribution in [2.45, 2.75) is 39.8 Å². The fraction of sp³-hybridized carbons (Fsp3) is 0.600. The normalized spacial score (nSPS) is 12.6. The Labute approximate surface area is 115 Å². The van der Waals surface area contributed by atoms with Crippen LogP contribution < -0.4 is 0 Å². The first-order valence-corrected chi connectivity index (χ1v) is 7.29. The van der Waals surface area contributed by atoms with E-state index in [2.05, 4.69) is 49.9 Å². The molecule has 1 rings (SSSR count). The third-order valence-electron chi connectivity index (χ3n) is 3.01. The van der Waals surface area contributed by atoms with Crippen molar-refractivity contribution in [1.82, 2.24) is 4.90 Å². The van der Waals surface area contributed by atoms with Gasteiger partial charge in [-0.25, -0.2) is 0 Å². The number of nitrogens with zero attached hydrogens (tertiary/aromatic N) is 1. The lowest BCUT2D eigenvalue weighted by Crippen LogP contribution is -2.29. The molecule has 1 aromatic heterocycles. The molecule has 100 valence electrons. The molecule has 2 nitrogen and oxygen atoms in total. The molecular formula is C15H23NOS. The lowest BCUT2D eigenvalue weighted by Gasteiger charge is -2.25. The molecule has 0 spiro atoms. The van der Waals surface area contributed by atoms with Crippen molar-refractivity contribution >= 4 is 11.3 Å². The van der Waals surface area contributed by atoms with Crippen LogP contribution >= 0.6 is 11.3 Å². The summed E-state index contributed by atoms with van der Waals surface area (Å²) < 4.78 is 0. The first-order chi connectivity index (χ1) is 8.54. The summed E-state index contributed by atoms with van der Waals surface area (Å²) in [5.41, 5.74) is 1.05. The molecule has 0 aliphatic rings. The molecule has 0 radical (unpaired) electrons. The van der Waals surface area contributed by atoms with E-state index >= 15 is 0 Å². The minimum atomic E-state index is -0.0745. The minimum Gasteiger partial charge on any atom is -0.384 e. The first-order valence-electron chi connectivity index (χ1n) is 6.41. The minimum absolute atomic E-state index is 0.0745. The average molecular weight is 265 g/mol. The molecule has 1 N–H and O–H groups in total. The summed E-state index contributed by atoms with van der Waals surface area (Å²) in [6.45, 7) is 7.64. The monoisotopic (exact) mass is 265 g/mol. The van der Waals surface area contributed by atoms with Gasteiger partial charge < -0.3 is 5.11 Å². The van der Waals surface area contributed by atoms with Crippen LogP contribution in [0.2, 0.25) is 0 Å². The van der Waals surface area contributed by atoms with Crippen molar-refractivity contribution in [3.8, 4) is 11.8 Å². The molecule has 1 heterocycles. The molecule has 0 amide bonds. The van der Waals surface area contributed by atoms with Crippen LogP contribution in [0.25, 0.3) is 0 Å². The maximum absolute atomic E-state index is 8.74. The summed E-state index contributed by atoms with van der Waals surface area (Å²) in [4.78, 5) is 3.66. The second-order valence-electron chi connectivity index (χ2n) is 5.11. The Kier molecular flexibility index (Phi) is 6.42. The predicted molar refractivity (Wildman–Crippen MR) is 78.7 cm³/mol. The Morgan fingerprint density at radius 3 is 2.72 bits per heavy atom. The molecule has 0 fully saturated rings. The summed E-state index contributed by atoms with van der Waals surface area (Å²) in [5, 5.41) is 10.8. The Hall–Kier alpha value is -0.820. The highest BCUT2D eigenvalue weighted by atomic mass is 32.1. The summed E-state index contributed by atoms with van der Waals surface area (Å²) in [6, 6.07) is 2.61. The molecule has 0 saturated carbocycles. The van der Waals surface area contributed by atoms with Gasteiger partial charge in [-0.05, 0) is 37.8 Å². The Morgan fingerprint density at radius 1 is 1.39 bits per heavy atom. The predicted octanol–water partition coefficient (Wildman–Crippen LogP) is 2.96. The van der Waals surface area contributed by atoms with Crippen LogP contribution in [-0.4, -0.2) is 29.7 Å². The summed E-state index contributed by atoms with van der Waals surface area (Å²) in [7, 11) is 2.16. The summed E-state index contributed by atoms with van der Waals surface area (Å²) in [5.74, 6) is 6.45. The number of thiophene rings is 1. The number of rotatable bonds is 5. The number of hydrogen-bond acceptors (Lipinski definition) is 3. The fourth-order valence-electron chi connectivity index (χ4n) is 1.95. The lowest BCUT2D eigenvalue weighted by atomic mass is 10.0. The Morgan fingerprint density at radius 2 is 2.11 bits per heavy atom. The molecule has 3 heteroatoms. The third kappa shape index (κ3) is 4.81. The van der Waals surface area contributed by atoms with Gasteiger partial charge in [0.1, 0.15) is 6.61 Å². The van der Waals surface area contributed by atoms with E-state index < -0.39 is 0 Å². The SMILES string of the molecule is CC(C)CC(C)N(C)Cc1sccc1C#CCO. The molecule has 1 unspecified atom stereocenters. The fourth-order valence-corrected chi connectivity index (χ4v) is 2.85. The van der Waals surface area contributed by atoms with Gasteiger partial charge in [0.25, 0.3) is 0 Å². The number of hydrogen-bond donors (Lipinski definition) is 1. The van der Waals surface area contributed by atoms with Gasteiger partial charge in [0, 0.05) is 23.0 Å². The summed E-state index contributed by atoms with van der Waals surface area (Å²) >= 11 is 1.74. The highest BCUT2D eigenvalue weighted by Crippen LogP contribution is 2.20. The molecule has 18 heavy (non-hydrogen) atoms. The Balaban J connectivity index is 2.64. The van der Waals surface area contributed by atoms with E-state index in [0.717, 1.165) is 18.0 Å². The molecule has 0 saturated heterocycles. The van der Waals surface area contributed by atoms with E-state index in [4.69, 9.17) is 5.11 Å². The molecule has 0 aliphatic carbocycles. The molecule has 0 aliphatic heterocycles. The van der Waals surface area contributed by atoms with Gasteiger partial charge >= 0.3 is 0 Å². The zero-order valence-electron chi connectivity index (χ0n) is 11.7. The first kappa shape index (κ1) is 15.2. The van der Waals surface area contributed by atoms with Crippen molar-refractivity contribution in [2.24, 2.45) is 5.92 Å². The molecule has 0 aromatic carbocycles. The van der Waals surface area contributed by atoms with Gasteiger partial charge in [-0.15, -0.1) is 11.3 Å². The average Bonchev–Trinajstić information content (AvgIpc) is 2.72. The molecule has 1 aromatic rings. The van der Waals surface area contributed by atoms with Crippen LogP contribution in [-0.2, 0) is 6.54 Å². The van der Waals surface area contributed by atoms with Crippen molar-refractivity contribution in [3.63, 3.8) is 0 Å². The lowest BCUT2D eigenvalue weighted by molar-refractivity contribution is 0.222. The van der Waals surface area contributed by atoms with Crippen LogP contribution in [0.15, 0.2) is 11.4 Å². The van der Waals surface area contributed by atoms with E-state index in [1.54, 1.807) is 11.3 Å². The van der Waals surface area contributed by atoms with E-state index in [1.165, 1.54) is 11.3 Å². The third-order valence-corrected chi connectivity index (χ3v) is 3.91. The van der Waals surface area contributed by atoms with Gasteiger partial charge in [0.2, 0.25) is 0 Å². The van der Waals surface area contributed by atoms with Crippen molar-refractivity contribution in [1.29, 1.82) is 0 Å². The van der Waals surface area contributed by atoms with Crippen molar-refractivity contribution in [2.75, 3.05) is 13.7 Å². The molecular weight excluding hydrogens is 242 g/mol. The zero-order chi connectivity index (χ0) is 13.5. The van der Waals surface area contributed by atoms with Gasteiger partial charge in [-0.1, -0.05) is 25.7 Å². The second kappa shape index (κ2) is 7.58. The van der Waals surface area contributed by atoms with Gasteiger partial charge in [0.05, 0.1) is 0 Å². The van der Waals surface area contributed by atoms with Crippen molar-refractivity contribution in [3.05, 3.63) is 21.9 Å². The van der Waals surface area contributed by atoms with Crippen LogP contribution in [0.4, 0.5) is 0 Å². The van der Waals surface area contributed by atoms with E-state index in [-0.39, 0.29) is 6.61 Å². The second-order valence-corrected chi connectivity index (χ2v) is 6.11. The number of aliphatic hydroxyl groups is 1. The topological polar surface area (TPSA) is 23.5 Å². The van der Waals surface area contributed by atoms with Gasteiger partial charge in [0.15, 0.2) is 0 Å². The van der Waals surface area contributed by atoms with E-state index in [9.17, 15) is 0 Å². The maximum Gasteiger partial charge on any atom is 0.104 e. The largest absolute Gasteiger partial charge is 0.384 e. The Bertz CT molecular complexity index is 414. The molecule has 1 atom stereocenters. The zero-order valence-corrected chi connectivity index (χ0v) is 12.5. The van der Waals surface area contributed by atoms with Gasteiger partial charge in [-0.3, -0.25) is 4.90 Å². The highest BCUT2D eigenvalue weighted by Gasteiger charge is 2.13. The van der Waals surface area contributed by atoms with Gasteiger partial charge in [-0.2, -0.15) is 0 Å². The highest BCUT2D eigenvalue weighted by molar-refractivity contribution is 7.10. The standard InChI is InChI=1S/C15H23NOS/c1-12(2)10-13(3)16(4)11-15-14(6-5-8-17)7-9-18-15/h7,9,12-13,17H,8,10-11H2,1-4H3. The van der Waals surface area contributed by atoms with Crippen LogP contribution in [0.1, 0.15) is 37.6 Å². The van der Waals surface area contributed by atoms with Crippen molar-refractivity contribution < 1.29 is 5.11 Å². The summed E-state index contributed by atoms with van der Waals surface area (Å²) in [6.07, 6.45) is 1.21. The maximum atomic E-state index is 8.74. The molecule has 0 bridgehead atoms. The van der Waals surface area contributed by atoms with E-state index in [0.29, 0.717) is 6.04 Å². The van der Waals surface area contributed by atoms with Crippen LogP contribution in [0, 0.1) is 17.8 Å². The van der Waals surface area contributed by atoms with E-state index in [1.807, 2.05) is 6.07 Å². The number of aliphatic hydroxyl groups excluding tert-OH is 1. The smallest absolute Gasteiger partial charge is 0.104 e. The quantitative estimate of drug-likeness (QED) is 0.827. The van der Waals surface area contributed by atoms with Crippen LogP contribution in [0.5, 0.6) is 0 Å².